The third-order valence-electron chi connectivity index (χ3n) is 8.15. The molecule has 38 heavy (non-hydrogen) atoms. The van der Waals surface area contributed by atoms with Crippen molar-refractivity contribution in [3.8, 4) is 0 Å². The van der Waals surface area contributed by atoms with Gasteiger partial charge in [0.25, 0.3) is 5.91 Å². The quantitative estimate of drug-likeness (QED) is 0.232. The predicted octanol–water partition coefficient (Wildman–Crippen LogP) is 6.80. The number of benzene rings is 2. The number of rotatable bonds is 6. The molecule has 5 rings (SSSR count). The molecule has 3 heterocycles. The number of oxime groups is 1. The number of hydrogen-bond donors (Lipinski definition) is 0. The van der Waals surface area contributed by atoms with E-state index >= 15 is 0 Å². The van der Waals surface area contributed by atoms with Crippen molar-refractivity contribution in [2.45, 2.75) is 45.1 Å². The normalized spacial score (nSPS) is 19.1. The Balaban J connectivity index is 1.22. The Kier molecular flexibility index (Phi) is 8.36. The standard InChI is InChI=1S/C30H34BrClN4O2/c1-3-38-34-27(21-7-9-23(31)10-8-21)22-12-17-36(18-13-22)30(2)14-19-35(20-15-30)29(37)25-6-4-5-24-26(32)11-16-33-28(24)25/h4-11,16,22H,3,12-15,17-20H2,1-2H3. The molecule has 0 N–H and O–H groups in total. The number of carbonyl (C=O) groups is 1. The minimum Gasteiger partial charge on any atom is -0.396 e. The van der Waals surface area contributed by atoms with Gasteiger partial charge in [-0.15, -0.1) is 0 Å². The fourth-order valence-corrected chi connectivity index (χ4v) is 6.28. The van der Waals surface area contributed by atoms with Crippen LogP contribution < -0.4 is 0 Å². The van der Waals surface area contributed by atoms with Crippen LogP contribution in [0, 0.1) is 5.92 Å². The SMILES string of the molecule is CCON=C(c1ccc(Br)cc1)C1CCN(C2(C)CCN(C(=O)c3cccc4c(Cl)ccnc34)CC2)CC1. The summed E-state index contributed by atoms with van der Waals surface area (Å²) in [4.78, 5) is 28.1. The van der Waals surface area contributed by atoms with Gasteiger partial charge in [0, 0.05) is 40.6 Å². The van der Waals surface area contributed by atoms with E-state index in [-0.39, 0.29) is 11.4 Å². The van der Waals surface area contributed by atoms with E-state index in [9.17, 15) is 4.79 Å². The maximum Gasteiger partial charge on any atom is 0.256 e. The Morgan fingerprint density at radius 1 is 1.11 bits per heavy atom. The van der Waals surface area contributed by atoms with E-state index in [4.69, 9.17) is 16.4 Å². The van der Waals surface area contributed by atoms with Crippen molar-refractivity contribution in [3.63, 3.8) is 0 Å². The van der Waals surface area contributed by atoms with E-state index in [1.54, 1.807) is 12.3 Å². The molecule has 0 spiro atoms. The summed E-state index contributed by atoms with van der Waals surface area (Å²) in [5, 5.41) is 5.97. The monoisotopic (exact) mass is 596 g/mol. The van der Waals surface area contributed by atoms with E-state index in [2.05, 4.69) is 62.2 Å². The summed E-state index contributed by atoms with van der Waals surface area (Å²) >= 11 is 9.88. The van der Waals surface area contributed by atoms with Gasteiger partial charge in [-0.2, -0.15) is 0 Å². The number of amides is 1. The fourth-order valence-electron chi connectivity index (χ4n) is 5.80. The molecule has 6 nitrogen and oxygen atoms in total. The van der Waals surface area contributed by atoms with Gasteiger partial charge in [0.15, 0.2) is 0 Å². The van der Waals surface area contributed by atoms with Gasteiger partial charge >= 0.3 is 0 Å². The van der Waals surface area contributed by atoms with Crippen molar-refractivity contribution in [2.24, 2.45) is 11.1 Å². The molecule has 2 aromatic carbocycles. The van der Waals surface area contributed by atoms with Gasteiger partial charge < -0.3 is 9.74 Å². The van der Waals surface area contributed by atoms with Crippen LogP contribution in [-0.4, -0.2) is 64.7 Å². The van der Waals surface area contributed by atoms with Crippen LogP contribution in [0.3, 0.4) is 0 Å². The summed E-state index contributed by atoms with van der Waals surface area (Å²) < 4.78 is 1.06. The Hall–Kier alpha value is -2.48. The van der Waals surface area contributed by atoms with Gasteiger partial charge in [0.05, 0.1) is 21.8 Å². The summed E-state index contributed by atoms with van der Waals surface area (Å²) in [7, 11) is 0. The van der Waals surface area contributed by atoms with Crippen LogP contribution in [0.4, 0.5) is 0 Å². The zero-order valence-corrected chi connectivity index (χ0v) is 24.3. The number of fused-ring (bicyclic) bond motifs is 1. The number of likely N-dealkylation sites (tertiary alicyclic amines) is 2. The molecule has 1 amide bonds. The summed E-state index contributed by atoms with van der Waals surface area (Å²) in [5.74, 6) is 0.410. The zero-order chi connectivity index (χ0) is 26.7. The van der Waals surface area contributed by atoms with E-state index in [0.29, 0.717) is 28.6 Å². The zero-order valence-electron chi connectivity index (χ0n) is 22.0. The van der Waals surface area contributed by atoms with Gasteiger partial charge in [0.2, 0.25) is 0 Å². The number of hydrogen-bond acceptors (Lipinski definition) is 5. The second-order valence-electron chi connectivity index (χ2n) is 10.4. The van der Waals surface area contributed by atoms with E-state index < -0.39 is 0 Å². The predicted molar refractivity (Wildman–Crippen MR) is 157 cm³/mol. The molecular formula is C30H34BrClN4O2. The average molecular weight is 598 g/mol. The van der Waals surface area contributed by atoms with Crippen LogP contribution in [0.2, 0.25) is 5.02 Å². The van der Waals surface area contributed by atoms with Crippen molar-refractivity contribution < 1.29 is 9.63 Å². The lowest BCUT2D eigenvalue weighted by atomic mass is 9.82. The van der Waals surface area contributed by atoms with Crippen LogP contribution in [0.25, 0.3) is 10.9 Å². The van der Waals surface area contributed by atoms with Crippen LogP contribution in [0.5, 0.6) is 0 Å². The highest BCUT2D eigenvalue weighted by Crippen LogP contribution is 2.35. The largest absolute Gasteiger partial charge is 0.396 e. The Labute approximate surface area is 238 Å². The third-order valence-corrected chi connectivity index (χ3v) is 9.01. The number of piperidine rings is 2. The average Bonchev–Trinajstić information content (AvgIpc) is 2.94. The lowest BCUT2D eigenvalue weighted by molar-refractivity contribution is 0.0162. The Morgan fingerprint density at radius 2 is 1.82 bits per heavy atom. The van der Waals surface area contributed by atoms with Gasteiger partial charge in [0.1, 0.15) is 6.61 Å². The molecule has 200 valence electrons. The summed E-state index contributed by atoms with van der Waals surface area (Å²) in [5.41, 5.74) is 3.56. The van der Waals surface area contributed by atoms with Crippen LogP contribution in [0.1, 0.15) is 55.5 Å². The molecular weight excluding hydrogens is 564 g/mol. The van der Waals surface area contributed by atoms with E-state index in [1.807, 2.05) is 30.0 Å². The second-order valence-corrected chi connectivity index (χ2v) is 11.8. The lowest BCUT2D eigenvalue weighted by Gasteiger charge is -2.49. The number of para-hydroxylation sites is 1. The molecule has 0 saturated carbocycles. The van der Waals surface area contributed by atoms with Gasteiger partial charge in [-0.05, 0) is 82.4 Å². The number of halogens is 2. The number of nitrogens with zero attached hydrogens (tertiary/aromatic N) is 4. The molecule has 0 unspecified atom stereocenters. The maximum atomic E-state index is 13.5. The van der Waals surface area contributed by atoms with Crippen LogP contribution in [0.15, 0.2) is 64.4 Å². The van der Waals surface area contributed by atoms with Crippen LogP contribution >= 0.6 is 27.5 Å². The maximum absolute atomic E-state index is 13.5. The van der Waals surface area contributed by atoms with Crippen molar-refractivity contribution in [1.29, 1.82) is 0 Å². The molecule has 0 bridgehead atoms. The van der Waals surface area contributed by atoms with Gasteiger partial charge in [-0.25, -0.2) is 0 Å². The van der Waals surface area contributed by atoms with Gasteiger partial charge in [-0.1, -0.05) is 57.0 Å². The molecule has 8 heteroatoms. The highest BCUT2D eigenvalue weighted by molar-refractivity contribution is 9.10. The first-order valence-electron chi connectivity index (χ1n) is 13.4. The first-order valence-corrected chi connectivity index (χ1v) is 14.6. The smallest absolute Gasteiger partial charge is 0.256 e. The Morgan fingerprint density at radius 3 is 2.50 bits per heavy atom. The van der Waals surface area contributed by atoms with Gasteiger partial charge in [-0.3, -0.25) is 14.7 Å². The lowest BCUT2D eigenvalue weighted by Crippen LogP contribution is -2.56. The summed E-state index contributed by atoms with van der Waals surface area (Å²) in [6, 6.07) is 15.8. The molecule has 2 aliphatic heterocycles. The minimum absolute atomic E-state index is 0.0393. The van der Waals surface area contributed by atoms with E-state index in [1.165, 1.54) is 0 Å². The molecule has 0 atom stereocenters. The molecule has 2 fully saturated rings. The summed E-state index contributed by atoms with van der Waals surface area (Å²) in [6.07, 6.45) is 5.66. The van der Waals surface area contributed by atoms with Crippen LogP contribution in [-0.2, 0) is 4.84 Å². The fraction of sp³-hybridized carbons (Fsp3) is 0.433. The molecule has 3 aromatic rings. The van der Waals surface area contributed by atoms with Crippen molar-refractivity contribution in [1.82, 2.24) is 14.8 Å². The molecule has 2 aliphatic rings. The number of pyridine rings is 1. The topological polar surface area (TPSA) is 58.0 Å². The Bertz CT molecular complexity index is 1310. The first kappa shape index (κ1) is 27.1. The molecule has 0 aliphatic carbocycles. The molecule has 1 aromatic heterocycles. The summed E-state index contributed by atoms with van der Waals surface area (Å²) in [6.45, 7) is 8.40. The first-order chi connectivity index (χ1) is 18.4. The van der Waals surface area contributed by atoms with Crippen molar-refractivity contribution in [3.05, 3.63) is 75.4 Å². The number of carbonyl (C=O) groups excluding carboxylic acids is 1. The second kappa shape index (κ2) is 11.7. The molecule has 0 radical (unpaired) electrons. The highest BCUT2D eigenvalue weighted by Gasteiger charge is 2.39. The van der Waals surface area contributed by atoms with E-state index in [0.717, 1.165) is 73.0 Å². The van der Waals surface area contributed by atoms with Crippen molar-refractivity contribution in [2.75, 3.05) is 32.8 Å². The van der Waals surface area contributed by atoms with Crippen molar-refractivity contribution >= 4 is 50.1 Å². The number of aromatic nitrogens is 1. The highest BCUT2D eigenvalue weighted by atomic mass is 79.9. The minimum atomic E-state index is 0.0393. The molecule has 2 saturated heterocycles. The third kappa shape index (κ3) is 5.61.